The minimum absolute atomic E-state index is 1.14. The third-order valence-corrected chi connectivity index (χ3v) is 17.9. The summed E-state index contributed by atoms with van der Waals surface area (Å²) < 4.78 is 5.17. The van der Waals surface area contributed by atoms with Gasteiger partial charge in [0.2, 0.25) is 0 Å². The Bertz CT molecular complexity index is 3500. The third kappa shape index (κ3) is 5.78. The SMILES string of the molecule is c1ccc(-c2cc(-n3c4ccccc4c4cccc([Si](c5ccccc5)(c5ccccc5)c5ccccc5)c43)c3c(c2)c2ccccc2n3-c2ccccc2-c2ccccc2)cc1. The fourth-order valence-electron chi connectivity index (χ4n) is 10.4. The van der Waals surface area contributed by atoms with Crippen LogP contribution in [0.2, 0.25) is 0 Å². The molecular weight excluding hydrogens is 777 g/mol. The maximum atomic E-state index is 2.63. The summed E-state index contributed by atoms with van der Waals surface area (Å²) in [6.45, 7) is 0. The van der Waals surface area contributed by atoms with E-state index in [1.54, 1.807) is 0 Å². The molecule has 0 saturated heterocycles. The minimum Gasteiger partial charge on any atom is -0.307 e. The van der Waals surface area contributed by atoms with Crippen LogP contribution in [0.15, 0.2) is 255 Å². The molecule has 0 aliphatic heterocycles. The van der Waals surface area contributed by atoms with Crippen LogP contribution in [0.4, 0.5) is 0 Å². The second-order valence-corrected chi connectivity index (χ2v) is 20.2. The average Bonchev–Trinajstić information content (AvgIpc) is 3.89. The van der Waals surface area contributed by atoms with Crippen LogP contribution in [0.3, 0.4) is 0 Å². The van der Waals surface area contributed by atoms with Gasteiger partial charge >= 0.3 is 0 Å². The van der Waals surface area contributed by atoms with E-state index in [1.165, 1.54) is 86.6 Å². The Hall–Kier alpha value is -7.98. The van der Waals surface area contributed by atoms with Crippen LogP contribution in [0, 0.1) is 0 Å². The molecule has 10 aromatic carbocycles. The summed E-state index contributed by atoms with van der Waals surface area (Å²) in [5.41, 5.74) is 11.8. The molecule has 12 aromatic rings. The highest BCUT2D eigenvalue weighted by atomic mass is 28.3. The predicted octanol–water partition coefficient (Wildman–Crippen LogP) is 12.6. The second-order valence-electron chi connectivity index (χ2n) is 16.4. The molecule has 0 bridgehead atoms. The van der Waals surface area contributed by atoms with Crippen molar-refractivity contribution < 1.29 is 0 Å². The van der Waals surface area contributed by atoms with Crippen molar-refractivity contribution in [3.63, 3.8) is 0 Å². The summed E-state index contributed by atoms with van der Waals surface area (Å²) >= 11 is 0. The number of para-hydroxylation sites is 4. The van der Waals surface area contributed by atoms with Crippen molar-refractivity contribution in [2.45, 2.75) is 0 Å². The zero-order valence-electron chi connectivity index (χ0n) is 34.6. The first-order chi connectivity index (χ1) is 31.3. The van der Waals surface area contributed by atoms with E-state index in [0.717, 1.165) is 11.4 Å². The van der Waals surface area contributed by atoms with Gasteiger partial charge in [0.1, 0.15) is 0 Å². The Kier molecular flexibility index (Phi) is 8.87. The monoisotopic (exact) mass is 818 g/mol. The highest BCUT2D eigenvalue weighted by Crippen LogP contribution is 2.43. The molecule has 296 valence electrons. The zero-order chi connectivity index (χ0) is 41.7. The van der Waals surface area contributed by atoms with Gasteiger partial charge in [0.05, 0.1) is 33.4 Å². The van der Waals surface area contributed by atoms with Crippen molar-refractivity contribution >= 4 is 72.4 Å². The number of fused-ring (bicyclic) bond motifs is 6. The second kappa shape index (κ2) is 15.2. The van der Waals surface area contributed by atoms with Crippen molar-refractivity contribution in [3.05, 3.63) is 255 Å². The minimum atomic E-state index is -3.03. The van der Waals surface area contributed by atoms with Crippen LogP contribution in [-0.2, 0) is 0 Å². The quantitative estimate of drug-likeness (QED) is 0.107. The van der Waals surface area contributed by atoms with E-state index < -0.39 is 8.07 Å². The molecule has 3 heteroatoms. The molecule has 0 unspecified atom stereocenters. The van der Waals surface area contributed by atoms with E-state index >= 15 is 0 Å². The highest BCUT2D eigenvalue weighted by molar-refractivity contribution is 7.20. The number of hydrogen-bond donors (Lipinski definition) is 0. The van der Waals surface area contributed by atoms with Crippen molar-refractivity contribution in [3.8, 4) is 33.6 Å². The fraction of sp³-hybridized carbons (Fsp3) is 0. The Labute approximate surface area is 368 Å². The van der Waals surface area contributed by atoms with Crippen molar-refractivity contribution in [2.24, 2.45) is 0 Å². The van der Waals surface area contributed by atoms with Gasteiger partial charge in [-0.25, -0.2) is 0 Å². The molecule has 2 aromatic heterocycles. The molecule has 0 spiro atoms. The summed E-state index contributed by atoms with van der Waals surface area (Å²) in [6.07, 6.45) is 0. The molecule has 0 amide bonds. The Morgan fingerprint density at radius 1 is 0.270 bits per heavy atom. The van der Waals surface area contributed by atoms with Gasteiger partial charge in [0, 0.05) is 27.1 Å². The molecule has 2 nitrogen and oxygen atoms in total. The molecule has 0 radical (unpaired) electrons. The number of hydrogen-bond acceptors (Lipinski definition) is 0. The number of nitrogens with zero attached hydrogens (tertiary/aromatic N) is 2. The van der Waals surface area contributed by atoms with Crippen LogP contribution < -0.4 is 20.7 Å². The number of rotatable bonds is 8. The summed E-state index contributed by atoms with van der Waals surface area (Å²) in [5.74, 6) is 0. The first kappa shape index (κ1) is 36.8. The molecule has 0 N–H and O–H groups in total. The Balaban J connectivity index is 1.32. The van der Waals surface area contributed by atoms with Gasteiger partial charge in [0.15, 0.2) is 8.07 Å². The van der Waals surface area contributed by atoms with E-state index in [9.17, 15) is 0 Å². The predicted molar refractivity (Wildman–Crippen MR) is 270 cm³/mol. The third-order valence-electron chi connectivity index (χ3n) is 13.0. The average molecular weight is 819 g/mol. The lowest BCUT2D eigenvalue weighted by Crippen LogP contribution is -2.75. The standard InChI is InChI=1S/C60H42N2Si/c1-6-23-43(24-7-1)45-41-53-51-35-18-21-39-56(51)61(54-37-19-16-33-49(54)44-25-8-2-9-26-44)59(53)57(42-45)62-55-38-20-17-34-50(55)52-36-22-40-58(60(52)62)63(46-27-10-3-11-28-46,47-29-12-4-13-30-47)48-31-14-5-15-32-48/h1-42H. The van der Waals surface area contributed by atoms with Crippen LogP contribution in [0.25, 0.3) is 77.2 Å². The van der Waals surface area contributed by atoms with Crippen LogP contribution in [0.1, 0.15) is 0 Å². The van der Waals surface area contributed by atoms with Gasteiger partial charge < -0.3 is 9.13 Å². The van der Waals surface area contributed by atoms with E-state index in [0.29, 0.717) is 0 Å². The Morgan fingerprint density at radius 3 is 1.30 bits per heavy atom. The van der Waals surface area contributed by atoms with E-state index in [1.807, 2.05) is 0 Å². The lowest BCUT2D eigenvalue weighted by Gasteiger charge is -2.35. The van der Waals surface area contributed by atoms with Gasteiger partial charge in [0.25, 0.3) is 0 Å². The van der Waals surface area contributed by atoms with E-state index in [2.05, 4.69) is 264 Å². The summed E-state index contributed by atoms with van der Waals surface area (Å²) in [7, 11) is -3.03. The molecule has 12 rings (SSSR count). The topological polar surface area (TPSA) is 9.86 Å². The molecule has 0 atom stereocenters. The molecule has 2 heterocycles. The van der Waals surface area contributed by atoms with Gasteiger partial charge in [-0.1, -0.05) is 224 Å². The maximum Gasteiger partial charge on any atom is 0.181 e. The lowest BCUT2D eigenvalue weighted by atomic mass is 10.0. The number of aromatic nitrogens is 2. The van der Waals surface area contributed by atoms with Crippen molar-refractivity contribution in [2.75, 3.05) is 0 Å². The van der Waals surface area contributed by atoms with Crippen LogP contribution in [-0.4, -0.2) is 17.2 Å². The molecule has 0 aliphatic carbocycles. The van der Waals surface area contributed by atoms with Gasteiger partial charge in [-0.05, 0) is 67.8 Å². The highest BCUT2D eigenvalue weighted by Gasteiger charge is 2.43. The summed E-state index contributed by atoms with van der Waals surface area (Å²) in [5, 5.41) is 10.3. The van der Waals surface area contributed by atoms with Crippen LogP contribution >= 0.6 is 0 Å². The lowest BCUT2D eigenvalue weighted by molar-refractivity contribution is 1.13. The summed E-state index contributed by atoms with van der Waals surface area (Å²) in [4.78, 5) is 0. The summed E-state index contributed by atoms with van der Waals surface area (Å²) in [6, 6.07) is 94.5. The largest absolute Gasteiger partial charge is 0.307 e. The first-order valence-electron chi connectivity index (χ1n) is 21.8. The van der Waals surface area contributed by atoms with Crippen LogP contribution in [0.5, 0.6) is 0 Å². The van der Waals surface area contributed by atoms with Crippen molar-refractivity contribution in [1.29, 1.82) is 0 Å². The smallest absolute Gasteiger partial charge is 0.181 e. The van der Waals surface area contributed by atoms with Gasteiger partial charge in [-0.15, -0.1) is 0 Å². The van der Waals surface area contributed by atoms with E-state index in [4.69, 9.17) is 0 Å². The maximum absolute atomic E-state index is 3.03. The fourth-order valence-corrected chi connectivity index (χ4v) is 15.4. The molecule has 63 heavy (non-hydrogen) atoms. The normalized spacial score (nSPS) is 11.8. The number of benzene rings is 10. The first-order valence-corrected chi connectivity index (χ1v) is 23.8. The zero-order valence-corrected chi connectivity index (χ0v) is 35.6. The van der Waals surface area contributed by atoms with E-state index in [-0.39, 0.29) is 0 Å². The van der Waals surface area contributed by atoms with Gasteiger partial charge in [-0.2, -0.15) is 0 Å². The molecular formula is C60H42N2Si. The Morgan fingerprint density at radius 2 is 0.714 bits per heavy atom. The molecule has 0 aliphatic rings. The van der Waals surface area contributed by atoms with Crippen molar-refractivity contribution in [1.82, 2.24) is 9.13 Å². The molecule has 0 saturated carbocycles. The molecule has 0 fully saturated rings. The van der Waals surface area contributed by atoms with Gasteiger partial charge in [-0.3, -0.25) is 0 Å².